The summed E-state index contributed by atoms with van der Waals surface area (Å²) in [5.74, 6) is 2.27. The third-order valence-corrected chi connectivity index (χ3v) is 1.21. The molecule has 0 bridgehead atoms. The highest BCUT2D eigenvalue weighted by Gasteiger charge is 2.22. The summed E-state index contributed by atoms with van der Waals surface area (Å²) in [4.78, 5) is 10.6. The van der Waals surface area contributed by atoms with Gasteiger partial charge in [-0.1, -0.05) is 5.92 Å². The lowest BCUT2D eigenvalue weighted by molar-refractivity contribution is -0.120. The number of carbonyl (C=O) groups excluding carboxylic acids is 1. The van der Waals surface area contributed by atoms with E-state index in [1.165, 1.54) is 0 Å². The second-order valence-corrected chi connectivity index (χ2v) is 2.22. The van der Waals surface area contributed by atoms with Gasteiger partial charge < -0.3 is 5.32 Å². The maximum absolute atomic E-state index is 10.6. The van der Waals surface area contributed by atoms with Gasteiger partial charge in [0.05, 0.1) is 6.42 Å². The Hall–Kier alpha value is -0.970. The molecule has 0 unspecified atom stereocenters. The average molecular weight is 123 g/mol. The monoisotopic (exact) mass is 123 g/mol. The standard InChI is InChI=1S/C7H9NO/c1-2-3-7(9)8-6-4-5-6/h1,6H,3-5H2,(H,8,9). The summed E-state index contributed by atoms with van der Waals surface area (Å²) in [6.45, 7) is 0. The SMILES string of the molecule is C#CCC(=O)NC1CC1. The van der Waals surface area contributed by atoms with Crippen LogP contribution < -0.4 is 5.32 Å². The minimum absolute atomic E-state index is 0.0139. The van der Waals surface area contributed by atoms with Crippen LogP contribution in [-0.4, -0.2) is 11.9 Å². The molecule has 1 fully saturated rings. The molecule has 1 amide bonds. The molecule has 0 radical (unpaired) electrons. The lowest BCUT2D eigenvalue weighted by atomic mass is 10.4. The van der Waals surface area contributed by atoms with Gasteiger partial charge in [0.1, 0.15) is 0 Å². The summed E-state index contributed by atoms with van der Waals surface area (Å²) in [5, 5.41) is 2.77. The maximum atomic E-state index is 10.6. The number of carbonyl (C=O) groups is 1. The van der Waals surface area contributed by atoms with Crippen molar-refractivity contribution in [3.63, 3.8) is 0 Å². The van der Waals surface area contributed by atoms with Crippen molar-refractivity contribution in [3.8, 4) is 12.3 Å². The van der Waals surface area contributed by atoms with E-state index in [-0.39, 0.29) is 12.3 Å². The fourth-order valence-electron chi connectivity index (χ4n) is 0.599. The van der Waals surface area contributed by atoms with Gasteiger partial charge in [-0.3, -0.25) is 4.79 Å². The van der Waals surface area contributed by atoms with Crippen LogP contribution in [0.4, 0.5) is 0 Å². The first-order chi connectivity index (χ1) is 4.33. The highest BCUT2D eigenvalue weighted by atomic mass is 16.1. The molecule has 48 valence electrons. The molecule has 0 atom stereocenters. The molecule has 1 aliphatic rings. The normalized spacial score (nSPS) is 16.3. The smallest absolute Gasteiger partial charge is 0.232 e. The molecule has 1 rings (SSSR count). The molecule has 2 nitrogen and oxygen atoms in total. The molecule has 0 aromatic heterocycles. The van der Waals surface area contributed by atoms with Gasteiger partial charge >= 0.3 is 0 Å². The van der Waals surface area contributed by atoms with Gasteiger partial charge in [0.15, 0.2) is 0 Å². The number of amides is 1. The molecule has 2 heteroatoms. The third-order valence-electron chi connectivity index (χ3n) is 1.21. The lowest BCUT2D eigenvalue weighted by Gasteiger charge is -1.95. The zero-order chi connectivity index (χ0) is 6.69. The Morgan fingerprint density at radius 1 is 1.78 bits per heavy atom. The van der Waals surface area contributed by atoms with Gasteiger partial charge in [0.25, 0.3) is 0 Å². The van der Waals surface area contributed by atoms with Gasteiger partial charge in [0, 0.05) is 6.04 Å². The summed E-state index contributed by atoms with van der Waals surface area (Å²) < 4.78 is 0. The minimum Gasteiger partial charge on any atom is -0.353 e. The number of hydrogen-bond donors (Lipinski definition) is 1. The second-order valence-electron chi connectivity index (χ2n) is 2.22. The van der Waals surface area contributed by atoms with Gasteiger partial charge in [-0.2, -0.15) is 0 Å². The van der Waals surface area contributed by atoms with E-state index >= 15 is 0 Å². The summed E-state index contributed by atoms with van der Waals surface area (Å²) in [6.07, 6.45) is 7.38. The van der Waals surface area contributed by atoms with Crippen molar-refractivity contribution in [2.75, 3.05) is 0 Å². The summed E-state index contributed by atoms with van der Waals surface area (Å²) in [7, 11) is 0. The Bertz CT molecular complexity index is 153. The first-order valence-electron chi connectivity index (χ1n) is 3.06. The van der Waals surface area contributed by atoms with Crippen molar-refractivity contribution in [1.82, 2.24) is 5.32 Å². The van der Waals surface area contributed by atoms with E-state index in [4.69, 9.17) is 6.42 Å². The van der Waals surface area contributed by atoms with E-state index in [1.807, 2.05) is 0 Å². The van der Waals surface area contributed by atoms with Crippen LogP contribution >= 0.6 is 0 Å². The van der Waals surface area contributed by atoms with E-state index in [0.29, 0.717) is 6.04 Å². The van der Waals surface area contributed by atoms with Crippen LogP contribution in [0.5, 0.6) is 0 Å². The summed E-state index contributed by atoms with van der Waals surface area (Å²) in [5.41, 5.74) is 0. The van der Waals surface area contributed by atoms with Crippen LogP contribution in [0.3, 0.4) is 0 Å². The largest absolute Gasteiger partial charge is 0.353 e. The molecule has 0 saturated heterocycles. The average Bonchev–Trinajstić information content (AvgIpc) is 2.50. The fourth-order valence-corrected chi connectivity index (χ4v) is 0.599. The first-order valence-corrected chi connectivity index (χ1v) is 3.06. The molecule has 0 spiro atoms. The Morgan fingerprint density at radius 3 is 2.89 bits per heavy atom. The molecule has 1 N–H and O–H groups in total. The Morgan fingerprint density at radius 2 is 2.44 bits per heavy atom. The molecule has 0 aromatic carbocycles. The summed E-state index contributed by atoms with van der Waals surface area (Å²) in [6, 6.07) is 0.436. The van der Waals surface area contributed by atoms with Crippen molar-refractivity contribution in [3.05, 3.63) is 0 Å². The third kappa shape index (κ3) is 2.18. The highest BCUT2D eigenvalue weighted by Crippen LogP contribution is 2.18. The topological polar surface area (TPSA) is 29.1 Å². The van der Waals surface area contributed by atoms with Gasteiger partial charge in [0.2, 0.25) is 5.91 Å². The van der Waals surface area contributed by atoms with E-state index in [0.717, 1.165) is 12.8 Å². The van der Waals surface area contributed by atoms with Crippen molar-refractivity contribution in [1.29, 1.82) is 0 Å². The number of rotatable bonds is 2. The zero-order valence-corrected chi connectivity index (χ0v) is 5.18. The van der Waals surface area contributed by atoms with Crippen LogP contribution in [0.25, 0.3) is 0 Å². The Labute approximate surface area is 54.6 Å². The van der Waals surface area contributed by atoms with E-state index < -0.39 is 0 Å². The molecular formula is C7H9NO. The van der Waals surface area contributed by atoms with Crippen molar-refractivity contribution in [2.45, 2.75) is 25.3 Å². The number of hydrogen-bond acceptors (Lipinski definition) is 1. The van der Waals surface area contributed by atoms with Crippen LogP contribution in [0.2, 0.25) is 0 Å². The van der Waals surface area contributed by atoms with Crippen LogP contribution in [-0.2, 0) is 4.79 Å². The quantitative estimate of drug-likeness (QED) is 0.525. The zero-order valence-electron chi connectivity index (χ0n) is 5.18. The van der Waals surface area contributed by atoms with Crippen LogP contribution in [0, 0.1) is 12.3 Å². The van der Waals surface area contributed by atoms with Crippen molar-refractivity contribution >= 4 is 5.91 Å². The number of terminal acetylenes is 1. The molecular weight excluding hydrogens is 114 g/mol. The van der Waals surface area contributed by atoms with Gasteiger partial charge in [-0.15, -0.1) is 6.42 Å². The van der Waals surface area contributed by atoms with Crippen molar-refractivity contribution < 1.29 is 4.79 Å². The Balaban J connectivity index is 2.11. The van der Waals surface area contributed by atoms with Gasteiger partial charge in [-0.05, 0) is 12.8 Å². The molecule has 1 aliphatic carbocycles. The fraction of sp³-hybridized carbons (Fsp3) is 0.571. The molecule has 0 heterocycles. The van der Waals surface area contributed by atoms with E-state index in [9.17, 15) is 4.79 Å². The predicted molar refractivity (Wildman–Crippen MR) is 34.6 cm³/mol. The van der Waals surface area contributed by atoms with E-state index in [1.54, 1.807) is 0 Å². The summed E-state index contributed by atoms with van der Waals surface area (Å²) >= 11 is 0. The molecule has 0 aromatic rings. The lowest BCUT2D eigenvalue weighted by Crippen LogP contribution is -2.24. The Kier molecular flexibility index (Phi) is 1.74. The van der Waals surface area contributed by atoms with Crippen molar-refractivity contribution in [2.24, 2.45) is 0 Å². The second kappa shape index (κ2) is 2.54. The molecule has 0 aliphatic heterocycles. The van der Waals surface area contributed by atoms with E-state index in [2.05, 4.69) is 11.2 Å². The van der Waals surface area contributed by atoms with Gasteiger partial charge in [-0.25, -0.2) is 0 Å². The first kappa shape index (κ1) is 6.15. The maximum Gasteiger partial charge on any atom is 0.232 e. The van der Waals surface area contributed by atoms with Crippen LogP contribution in [0.15, 0.2) is 0 Å². The predicted octanol–water partition coefficient (Wildman–Crippen LogP) is 0.288. The highest BCUT2D eigenvalue weighted by molar-refractivity contribution is 5.78. The minimum atomic E-state index is -0.0139. The van der Waals surface area contributed by atoms with Crippen LogP contribution in [0.1, 0.15) is 19.3 Å². The molecule has 1 saturated carbocycles. The molecule has 9 heavy (non-hydrogen) atoms. The number of nitrogens with one attached hydrogen (secondary N) is 1.